The fourth-order valence-corrected chi connectivity index (χ4v) is 5.60. The fourth-order valence-electron chi connectivity index (χ4n) is 4.53. The Kier molecular flexibility index (Phi) is 4.87. The summed E-state index contributed by atoms with van der Waals surface area (Å²) in [7, 11) is 2.26. The van der Waals surface area contributed by atoms with Crippen LogP contribution in [0.4, 0.5) is 0 Å². The molecule has 1 aromatic heterocycles. The predicted octanol–water partition coefficient (Wildman–Crippen LogP) is 4.94. The SMILES string of the molecule is CC1CC[C@H](c2ccc3sc(C4C[C@@H](C)N(C)[C@@H](C)C4)nc3c2)NC1. The summed E-state index contributed by atoms with van der Waals surface area (Å²) in [6, 6.07) is 8.75. The maximum atomic E-state index is 5.07. The van der Waals surface area contributed by atoms with Gasteiger partial charge in [0.25, 0.3) is 0 Å². The molecule has 1 N–H and O–H groups in total. The topological polar surface area (TPSA) is 28.2 Å². The van der Waals surface area contributed by atoms with Crippen molar-refractivity contribution in [1.82, 2.24) is 15.2 Å². The lowest BCUT2D eigenvalue weighted by Gasteiger charge is -2.39. The molecule has 0 aliphatic carbocycles. The van der Waals surface area contributed by atoms with Gasteiger partial charge >= 0.3 is 0 Å². The highest BCUT2D eigenvalue weighted by Crippen LogP contribution is 2.38. The van der Waals surface area contributed by atoms with Gasteiger partial charge in [-0.1, -0.05) is 13.0 Å². The molecule has 2 unspecified atom stereocenters. The minimum Gasteiger partial charge on any atom is -0.310 e. The normalized spacial score (nSPS) is 34.5. The van der Waals surface area contributed by atoms with Crippen LogP contribution in [-0.4, -0.2) is 35.6 Å². The molecule has 25 heavy (non-hydrogen) atoms. The van der Waals surface area contributed by atoms with Crippen LogP contribution in [-0.2, 0) is 0 Å². The smallest absolute Gasteiger partial charge is 0.0970 e. The Hall–Kier alpha value is -0.970. The van der Waals surface area contributed by atoms with E-state index in [0.717, 1.165) is 12.5 Å². The molecule has 4 rings (SSSR count). The van der Waals surface area contributed by atoms with Crippen molar-refractivity contribution in [3.05, 3.63) is 28.8 Å². The standard InChI is InChI=1S/C21H31N3S/c1-13-5-7-18(22-12-13)16-6-8-20-19(11-16)23-21(25-20)17-9-14(2)24(4)15(3)10-17/h6,8,11,13-15,17-18,22H,5,7,9-10,12H2,1-4H3/t13?,14-,15+,17?,18-/m1/s1. The third-order valence-corrected chi connectivity index (χ3v) is 7.68. The third-order valence-electron chi connectivity index (χ3n) is 6.48. The number of aromatic nitrogens is 1. The second kappa shape index (κ2) is 6.98. The van der Waals surface area contributed by atoms with Crippen LogP contribution in [0.2, 0.25) is 0 Å². The Bertz CT molecular complexity index is 720. The van der Waals surface area contributed by atoms with E-state index in [-0.39, 0.29) is 0 Å². The van der Waals surface area contributed by atoms with Gasteiger partial charge in [-0.05, 0) is 76.7 Å². The summed E-state index contributed by atoms with van der Waals surface area (Å²) in [5.41, 5.74) is 2.62. The van der Waals surface area contributed by atoms with Gasteiger partial charge < -0.3 is 10.2 Å². The molecule has 136 valence electrons. The first-order chi connectivity index (χ1) is 12.0. The number of nitrogens with zero attached hydrogens (tertiary/aromatic N) is 2. The van der Waals surface area contributed by atoms with E-state index in [2.05, 4.69) is 56.2 Å². The number of hydrogen-bond acceptors (Lipinski definition) is 4. The summed E-state index contributed by atoms with van der Waals surface area (Å²) in [6.45, 7) is 8.17. The second-order valence-corrected chi connectivity index (χ2v) is 9.52. The van der Waals surface area contributed by atoms with Crippen molar-refractivity contribution < 1.29 is 0 Å². The number of rotatable bonds is 2. The number of fused-ring (bicyclic) bond motifs is 1. The van der Waals surface area contributed by atoms with Crippen LogP contribution in [0.15, 0.2) is 18.2 Å². The molecular formula is C21H31N3S. The molecule has 0 radical (unpaired) electrons. The molecule has 0 spiro atoms. The minimum atomic E-state index is 0.508. The van der Waals surface area contributed by atoms with Gasteiger partial charge in [-0.25, -0.2) is 4.98 Å². The van der Waals surface area contributed by atoms with Gasteiger partial charge in [-0.15, -0.1) is 11.3 Å². The van der Waals surface area contributed by atoms with E-state index < -0.39 is 0 Å². The Balaban J connectivity index is 1.56. The third kappa shape index (κ3) is 3.49. The molecule has 2 aliphatic heterocycles. The molecule has 0 amide bonds. The molecule has 1 aromatic carbocycles. The van der Waals surface area contributed by atoms with Gasteiger partial charge in [0.2, 0.25) is 0 Å². The van der Waals surface area contributed by atoms with Crippen molar-refractivity contribution in [3.63, 3.8) is 0 Å². The van der Waals surface area contributed by atoms with E-state index in [1.54, 1.807) is 0 Å². The molecule has 0 bridgehead atoms. The molecule has 2 fully saturated rings. The van der Waals surface area contributed by atoms with Crippen LogP contribution in [0.1, 0.15) is 69.0 Å². The van der Waals surface area contributed by atoms with Crippen molar-refractivity contribution in [3.8, 4) is 0 Å². The van der Waals surface area contributed by atoms with Gasteiger partial charge in [-0.2, -0.15) is 0 Å². The summed E-state index contributed by atoms with van der Waals surface area (Å²) in [6.07, 6.45) is 5.03. The Morgan fingerprint density at radius 3 is 2.56 bits per heavy atom. The summed E-state index contributed by atoms with van der Waals surface area (Å²) >= 11 is 1.91. The molecule has 3 heterocycles. The van der Waals surface area contributed by atoms with E-state index in [4.69, 9.17) is 4.98 Å². The van der Waals surface area contributed by atoms with Crippen LogP contribution in [0, 0.1) is 5.92 Å². The maximum Gasteiger partial charge on any atom is 0.0970 e. The maximum absolute atomic E-state index is 5.07. The van der Waals surface area contributed by atoms with Crippen LogP contribution < -0.4 is 5.32 Å². The molecule has 4 heteroatoms. The monoisotopic (exact) mass is 357 g/mol. The molecule has 3 nitrogen and oxygen atoms in total. The van der Waals surface area contributed by atoms with E-state index in [0.29, 0.717) is 24.0 Å². The molecule has 2 saturated heterocycles. The van der Waals surface area contributed by atoms with E-state index in [1.165, 1.54) is 46.5 Å². The predicted molar refractivity (Wildman–Crippen MR) is 107 cm³/mol. The zero-order valence-electron chi connectivity index (χ0n) is 16.0. The number of benzene rings is 1. The Morgan fingerprint density at radius 1 is 1.12 bits per heavy atom. The van der Waals surface area contributed by atoms with E-state index in [9.17, 15) is 0 Å². The van der Waals surface area contributed by atoms with Gasteiger partial charge in [0.15, 0.2) is 0 Å². The van der Waals surface area contributed by atoms with Crippen molar-refractivity contribution >= 4 is 21.6 Å². The zero-order valence-corrected chi connectivity index (χ0v) is 16.8. The van der Waals surface area contributed by atoms with E-state index in [1.807, 2.05) is 11.3 Å². The number of nitrogens with one attached hydrogen (secondary N) is 1. The summed E-state index contributed by atoms with van der Waals surface area (Å²) in [5.74, 6) is 1.43. The highest BCUT2D eigenvalue weighted by Gasteiger charge is 2.31. The van der Waals surface area contributed by atoms with Crippen LogP contribution >= 0.6 is 11.3 Å². The number of hydrogen-bond donors (Lipinski definition) is 1. The van der Waals surface area contributed by atoms with Crippen LogP contribution in [0.25, 0.3) is 10.2 Å². The van der Waals surface area contributed by atoms with Gasteiger partial charge in [0.05, 0.1) is 15.2 Å². The van der Waals surface area contributed by atoms with Gasteiger partial charge in [-0.3, -0.25) is 0 Å². The zero-order chi connectivity index (χ0) is 17.6. The Labute approximate surface area is 155 Å². The first kappa shape index (κ1) is 17.4. The summed E-state index contributed by atoms with van der Waals surface area (Å²) in [5, 5.41) is 5.06. The Morgan fingerprint density at radius 2 is 1.88 bits per heavy atom. The number of thiazole rings is 1. The lowest BCUT2D eigenvalue weighted by molar-refractivity contribution is 0.122. The van der Waals surface area contributed by atoms with Crippen LogP contribution in [0.5, 0.6) is 0 Å². The second-order valence-electron chi connectivity index (χ2n) is 8.45. The number of piperidine rings is 2. The van der Waals surface area contributed by atoms with Crippen molar-refractivity contribution in [1.29, 1.82) is 0 Å². The van der Waals surface area contributed by atoms with Gasteiger partial charge in [0.1, 0.15) is 0 Å². The highest BCUT2D eigenvalue weighted by atomic mass is 32.1. The highest BCUT2D eigenvalue weighted by molar-refractivity contribution is 7.18. The molecule has 2 aliphatic rings. The first-order valence-corrected chi connectivity index (χ1v) is 10.7. The minimum absolute atomic E-state index is 0.508. The lowest BCUT2D eigenvalue weighted by atomic mass is 9.88. The van der Waals surface area contributed by atoms with Crippen molar-refractivity contribution in [2.75, 3.05) is 13.6 Å². The quantitative estimate of drug-likeness (QED) is 0.825. The number of likely N-dealkylation sites (tertiary alicyclic amines) is 1. The largest absolute Gasteiger partial charge is 0.310 e. The summed E-state index contributed by atoms with van der Waals surface area (Å²) < 4.78 is 1.35. The average molecular weight is 358 g/mol. The first-order valence-electron chi connectivity index (χ1n) is 9.87. The van der Waals surface area contributed by atoms with Crippen molar-refractivity contribution in [2.24, 2.45) is 5.92 Å². The lowest BCUT2D eigenvalue weighted by Crippen LogP contribution is -2.43. The molecular weight excluding hydrogens is 326 g/mol. The molecule has 2 aromatic rings. The fraction of sp³-hybridized carbons (Fsp3) is 0.667. The van der Waals surface area contributed by atoms with Crippen molar-refractivity contribution in [2.45, 2.75) is 70.5 Å². The van der Waals surface area contributed by atoms with Crippen LogP contribution in [0.3, 0.4) is 0 Å². The summed E-state index contributed by atoms with van der Waals surface area (Å²) in [4.78, 5) is 7.58. The molecule has 0 saturated carbocycles. The van der Waals surface area contributed by atoms with E-state index >= 15 is 0 Å². The average Bonchev–Trinajstić information content (AvgIpc) is 3.03. The molecule has 5 atom stereocenters. The van der Waals surface area contributed by atoms with Gasteiger partial charge in [0, 0.05) is 24.0 Å².